The molecule has 0 radical (unpaired) electrons. The van der Waals surface area contributed by atoms with Crippen LogP contribution in [0, 0.1) is 28.5 Å². The van der Waals surface area contributed by atoms with Gasteiger partial charge in [0, 0.05) is 19.2 Å². The zero-order valence-electron chi connectivity index (χ0n) is 15.7. The van der Waals surface area contributed by atoms with Crippen molar-refractivity contribution in [3.8, 4) is 17.8 Å². The number of hydrogen-bond donors (Lipinski definition) is 1. The van der Waals surface area contributed by atoms with Crippen LogP contribution in [-0.2, 0) is 11.3 Å². The normalized spacial score (nSPS) is 13.4. The summed E-state index contributed by atoms with van der Waals surface area (Å²) in [6.07, 6.45) is 2.82. The Bertz CT molecular complexity index is 1010. The Morgan fingerprint density at radius 2 is 2.03 bits per heavy atom. The van der Waals surface area contributed by atoms with Gasteiger partial charge in [-0.1, -0.05) is 5.21 Å². The number of allylic oxidation sites excluding steroid dienone is 1. The van der Waals surface area contributed by atoms with E-state index in [1.54, 1.807) is 18.3 Å². The van der Waals surface area contributed by atoms with E-state index in [9.17, 15) is 4.39 Å². The van der Waals surface area contributed by atoms with Crippen LogP contribution < -0.4 is 10.2 Å². The van der Waals surface area contributed by atoms with Gasteiger partial charge in [0.05, 0.1) is 31.2 Å². The second-order valence-corrected chi connectivity index (χ2v) is 6.70. The number of nitrogens with zero attached hydrogens (tertiary/aromatic N) is 6. The van der Waals surface area contributed by atoms with E-state index in [0.29, 0.717) is 49.5 Å². The van der Waals surface area contributed by atoms with E-state index in [1.165, 1.54) is 17.9 Å². The average Bonchev–Trinajstić information content (AvgIpc) is 3.22. The van der Waals surface area contributed by atoms with E-state index in [4.69, 9.17) is 27.5 Å². The molecule has 1 fully saturated rings. The third-order valence-electron chi connectivity index (χ3n) is 4.62. The summed E-state index contributed by atoms with van der Waals surface area (Å²) in [5.74, 6) is -0.369. The first kappa shape index (κ1) is 20.2. The summed E-state index contributed by atoms with van der Waals surface area (Å²) in [5.41, 5.74) is 2.67. The van der Waals surface area contributed by atoms with E-state index >= 15 is 0 Å². The van der Waals surface area contributed by atoms with Crippen LogP contribution >= 0.6 is 12.2 Å². The highest BCUT2D eigenvalue weighted by atomic mass is 32.1. The Morgan fingerprint density at radius 1 is 1.31 bits per heavy atom. The van der Waals surface area contributed by atoms with Crippen molar-refractivity contribution in [2.75, 3.05) is 25.1 Å². The van der Waals surface area contributed by atoms with Gasteiger partial charge in [-0.2, -0.15) is 10.5 Å². The Hall–Kier alpha value is -3.50. The fourth-order valence-electron chi connectivity index (χ4n) is 3.09. The van der Waals surface area contributed by atoms with Gasteiger partial charge in [0.1, 0.15) is 29.2 Å². The summed E-state index contributed by atoms with van der Waals surface area (Å²) < 4.78 is 21.1. The van der Waals surface area contributed by atoms with Crippen LogP contribution in [0.25, 0.3) is 5.69 Å². The maximum atomic E-state index is 14.7. The molecule has 0 amide bonds. The second kappa shape index (κ2) is 9.13. The maximum Gasteiger partial charge on any atom is 0.256 e. The predicted octanol–water partition coefficient (Wildman–Crippen LogP) is 2.37. The molecule has 1 aliphatic rings. The van der Waals surface area contributed by atoms with Crippen molar-refractivity contribution in [1.29, 1.82) is 10.5 Å². The quantitative estimate of drug-likeness (QED) is 0.604. The number of halogens is 1. The molecule has 2 heterocycles. The third-order valence-corrected chi connectivity index (χ3v) is 4.93. The molecule has 8 nitrogen and oxygen atoms in total. The van der Waals surface area contributed by atoms with Crippen LogP contribution in [0.3, 0.4) is 0 Å². The minimum absolute atomic E-state index is 0.170. The van der Waals surface area contributed by atoms with Gasteiger partial charge in [-0.3, -0.25) is 0 Å². The van der Waals surface area contributed by atoms with Gasteiger partial charge in [0.2, 0.25) is 0 Å². The van der Waals surface area contributed by atoms with Crippen LogP contribution in [-0.4, -0.2) is 40.4 Å². The van der Waals surface area contributed by atoms with Crippen molar-refractivity contribution in [1.82, 2.24) is 20.3 Å². The molecule has 1 N–H and O–H groups in total. The number of hydrogen-bond acceptors (Lipinski definition) is 7. The summed E-state index contributed by atoms with van der Waals surface area (Å²) in [6.45, 7) is 1.46. The average molecular weight is 411 g/mol. The largest absolute Gasteiger partial charge is 0.474 e. The molecule has 0 spiro atoms. The van der Waals surface area contributed by atoms with Crippen LogP contribution in [0.1, 0.15) is 18.5 Å². The van der Waals surface area contributed by atoms with Gasteiger partial charge < -0.3 is 15.0 Å². The zero-order valence-corrected chi connectivity index (χ0v) is 16.5. The Balaban J connectivity index is 1.70. The van der Waals surface area contributed by atoms with Crippen molar-refractivity contribution < 1.29 is 9.13 Å². The van der Waals surface area contributed by atoms with Gasteiger partial charge in [0.25, 0.3) is 5.17 Å². The van der Waals surface area contributed by atoms with Crippen LogP contribution in [0.4, 0.5) is 10.1 Å². The van der Waals surface area contributed by atoms with E-state index in [0.717, 1.165) is 5.57 Å². The highest BCUT2D eigenvalue weighted by Gasteiger charge is 2.20. The molecular formula is C19H18FN7OS. The highest BCUT2D eigenvalue weighted by molar-refractivity contribution is 7.80. The zero-order chi connectivity index (χ0) is 20.8. The van der Waals surface area contributed by atoms with Crippen LogP contribution in [0.2, 0.25) is 0 Å². The number of rotatable bonds is 4. The monoisotopic (exact) mass is 411 g/mol. The van der Waals surface area contributed by atoms with Crippen molar-refractivity contribution >= 4 is 23.1 Å². The summed E-state index contributed by atoms with van der Waals surface area (Å²) >= 11 is 4.91. The van der Waals surface area contributed by atoms with Gasteiger partial charge >= 0.3 is 0 Å². The molecule has 0 bridgehead atoms. The number of methoxy groups -OCH3 is 1. The fraction of sp³-hybridized carbons (Fsp3) is 0.316. The molecule has 1 aromatic heterocycles. The number of nitrogens with one attached hydrogen (secondary N) is 1. The molecular weight excluding hydrogens is 393 g/mol. The Kier molecular flexibility index (Phi) is 6.37. The first-order valence-corrected chi connectivity index (χ1v) is 9.26. The lowest BCUT2D eigenvalue weighted by Gasteiger charge is -2.30. The van der Waals surface area contributed by atoms with Gasteiger partial charge in [0.15, 0.2) is 0 Å². The lowest BCUT2D eigenvalue weighted by molar-refractivity contribution is 0.392. The van der Waals surface area contributed by atoms with Crippen molar-refractivity contribution in [2.24, 2.45) is 0 Å². The highest BCUT2D eigenvalue weighted by Crippen LogP contribution is 2.28. The molecule has 3 rings (SSSR count). The molecule has 1 saturated heterocycles. The first-order valence-electron chi connectivity index (χ1n) is 8.86. The first-order chi connectivity index (χ1) is 14.0. The summed E-state index contributed by atoms with van der Waals surface area (Å²) in [6, 6.07) is 8.73. The number of thiocarbonyl (C=S) groups is 1. The van der Waals surface area contributed by atoms with Gasteiger partial charge in [-0.05, 0) is 42.8 Å². The lowest BCUT2D eigenvalue weighted by atomic mass is 9.98. The number of aromatic nitrogens is 3. The molecule has 1 aromatic carbocycles. The minimum atomic E-state index is -0.369. The van der Waals surface area contributed by atoms with E-state index < -0.39 is 0 Å². The third kappa shape index (κ3) is 4.68. The summed E-state index contributed by atoms with van der Waals surface area (Å²) in [7, 11) is 1.47. The van der Waals surface area contributed by atoms with Gasteiger partial charge in [-0.25, -0.2) is 9.07 Å². The molecule has 0 unspecified atom stereocenters. The Labute approximate surface area is 172 Å². The van der Waals surface area contributed by atoms with Crippen molar-refractivity contribution in [3.05, 3.63) is 47.1 Å². The second-order valence-electron chi connectivity index (χ2n) is 6.32. The summed E-state index contributed by atoms with van der Waals surface area (Å²) in [4.78, 5) is 1.91. The molecule has 29 heavy (non-hydrogen) atoms. The number of piperidine rings is 1. The number of nitriles is 2. The smallest absolute Gasteiger partial charge is 0.256 e. The molecule has 10 heteroatoms. The summed E-state index contributed by atoms with van der Waals surface area (Å²) in [5, 5.41) is 29.1. The van der Waals surface area contributed by atoms with E-state index in [-0.39, 0.29) is 16.6 Å². The molecule has 0 saturated carbocycles. The van der Waals surface area contributed by atoms with Crippen molar-refractivity contribution in [2.45, 2.75) is 19.4 Å². The maximum absolute atomic E-state index is 14.7. The number of ether oxygens (including phenoxy) is 1. The molecule has 2 aromatic rings. The standard InChI is InChI=1S/C19H18FN7OS/c1-28-19(29)23-11-15-12-27(25-24-15)16-2-3-18(17(20)8-16)26-6-4-13(5-7-26)14(9-21)10-22/h2-3,8,12H,4-7,11H2,1H3,(H,23,29). The van der Waals surface area contributed by atoms with Gasteiger partial charge in [-0.15, -0.1) is 5.10 Å². The van der Waals surface area contributed by atoms with Crippen LogP contribution in [0.15, 0.2) is 35.5 Å². The number of benzene rings is 1. The Morgan fingerprint density at radius 3 is 2.66 bits per heavy atom. The number of anilines is 1. The molecule has 0 atom stereocenters. The van der Waals surface area contributed by atoms with E-state index in [2.05, 4.69) is 15.6 Å². The molecule has 148 valence electrons. The SMILES string of the molecule is COC(=S)NCc1cn(-c2ccc(N3CCC(=C(C#N)C#N)CC3)c(F)c2)nn1. The van der Waals surface area contributed by atoms with Crippen LogP contribution in [0.5, 0.6) is 0 Å². The molecule has 0 aliphatic carbocycles. The topological polar surface area (TPSA) is 103 Å². The fourth-order valence-corrected chi connectivity index (χ4v) is 3.16. The predicted molar refractivity (Wildman–Crippen MR) is 107 cm³/mol. The van der Waals surface area contributed by atoms with Crippen molar-refractivity contribution in [3.63, 3.8) is 0 Å². The minimum Gasteiger partial charge on any atom is -0.474 e. The lowest BCUT2D eigenvalue weighted by Crippen LogP contribution is -2.31. The molecule has 1 aliphatic heterocycles. The van der Waals surface area contributed by atoms with E-state index in [1.807, 2.05) is 17.0 Å².